The fraction of sp³-hybridized carbons (Fsp3) is 0.419. The van der Waals surface area contributed by atoms with Crippen molar-refractivity contribution in [2.45, 2.75) is 207 Å². The Morgan fingerprint density at radius 1 is 0.637 bits per heavy atom. The highest BCUT2D eigenvalue weighted by Gasteiger charge is 2.53. The predicted molar refractivity (Wildman–Crippen MR) is 442 cm³/mol. The number of amides is 8. The van der Waals surface area contributed by atoms with Crippen LogP contribution in [0, 0.1) is 5.92 Å². The summed E-state index contributed by atoms with van der Waals surface area (Å²) >= 11 is 13.4. The van der Waals surface area contributed by atoms with E-state index in [0.29, 0.717) is 10.6 Å². The number of aliphatic hydroxyl groups excluding tert-OH is 6. The lowest BCUT2D eigenvalue weighted by atomic mass is 9.86. The van der Waals surface area contributed by atoms with E-state index in [1.165, 1.54) is 71.1 Å². The van der Waals surface area contributed by atoms with E-state index in [-0.39, 0.29) is 70.5 Å². The first-order chi connectivity index (χ1) is 58.8. The van der Waals surface area contributed by atoms with Crippen LogP contribution in [0.4, 0.5) is 0 Å². The second kappa shape index (κ2) is 37.5. The van der Waals surface area contributed by atoms with E-state index >= 15 is 28.8 Å². The van der Waals surface area contributed by atoms with E-state index in [4.69, 9.17) is 78.3 Å². The number of nitrogens with two attached hydrogens (primary N) is 3. The number of nitrogens with one attached hydrogen (secondary N) is 8. The van der Waals surface area contributed by atoms with Crippen molar-refractivity contribution in [1.29, 1.82) is 0 Å². The molecule has 0 spiro atoms. The molecule has 7 aliphatic heterocycles. The minimum atomic E-state index is -2.35. The summed E-state index contributed by atoms with van der Waals surface area (Å²) in [5.74, 6) is -14.5. The number of phenols is 3. The first-order valence-electron chi connectivity index (χ1n) is 40.0. The molecule has 11 bridgehead atoms. The van der Waals surface area contributed by atoms with Gasteiger partial charge >= 0.3 is 0 Å². The SMILES string of the molecule is CN[C@H](CC(C)C)C(=O)N[C@H]1C(=O)N[C@@H](CC(N)=O)C(=O)N[C@H]2C(=O)N[C@H]3C(=O)N[C@H](C(=O)N[C@H](C(=O)NCc4ccc(-c5ccc(Cl)cc5)cc4)c4cc(O)cc(O)c4-c4cc3ccc4O)[C@H](O[C@H]3C[C@@](C)(N)[C@@H](O)[C@@H](C)O3)c3cccc(c3)Oc3cc2cc(c3O[C@@H]2O[C@@H](CO)[C@H](O)[C@@H](O)[C@@H]2O[C@H]2C[C@@](C)(N)[C@@H](O)[C@@H](C)O2)Oc2ccc(cc2Cl)[C@H]1O. The van der Waals surface area contributed by atoms with Gasteiger partial charge in [0.2, 0.25) is 59.3 Å². The van der Waals surface area contributed by atoms with Gasteiger partial charge in [0.25, 0.3) is 0 Å². The fourth-order valence-electron chi connectivity index (χ4n) is 16.0. The Kier molecular flexibility index (Phi) is 27.5. The molecule has 662 valence electrons. The van der Waals surface area contributed by atoms with E-state index in [2.05, 4.69) is 42.5 Å². The zero-order chi connectivity index (χ0) is 89.4. The summed E-state index contributed by atoms with van der Waals surface area (Å²) < 4.78 is 52.7. The predicted octanol–water partition coefficient (Wildman–Crippen LogP) is 3.24. The summed E-state index contributed by atoms with van der Waals surface area (Å²) in [6, 6.07) is 16.5. The van der Waals surface area contributed by atoms with Crippen LogP contribution in [-0.4, -0.2) is 210 Å². The molecule has 14 rings (SSSR count). The van der Waals surface area contributed by atoms with Gasteiger partial charge in [0.15, 0.2) is 30.2 Å². The molecule has 7 aliphatic rings. The van der Waals surface area contributed by atoms with Crippen molar-refractivity contribution in [3.8, 4) is 68.2 Å². The Bertz CT molecular complexity index is 5190. The number of carbonyl (C=O) groups excluding carboxylic acids is 8. The summed E-state index contributed by atoms with van der Waals surface area (Å²) in [5.41, 5.74) is 16.3. The number of ether oxygens (including phenoxy) is 8. The number of carbonyl (C=O) groups is 8. The van der Waals surface area contributed by atoms with Crippen LogP contribution in [0.5, 0.6) is 46.0 Å². The monoisotopic (exact) mass is 1760 g/mol. The molecule has 0 aliphatic carbocycles. The second-order valence-electron chi connectivity index (χ2n) is 32.7. The molecular weight excluding hydrogens is 1660 g/mol. The van der Waals surface area contributed by atoms with Crippen molar-refractivity contribution in [2.75, 3.05) is 13.7 Å². The molecule has 7 aromatic carbocycles. The number of primary amides is 1. The standard InChI is InChI=1S/C86H99Cl2N11O25/c1-36(2)23-52(92-7)77(110)98-67-69(105)43-18-22-56(51(88)26-43)120-58-28-45-27-57(73(58)124-84-74(71(107)70(106)59(35-100)121-84)123-62-33-86(6,91)76(109)38(4)118-62)119-48-10-8-9-44(24-48)72(122-61-32-85(5,90)75(108)37(3)117-61)68-83(116)97-66(79(112)93-34-39-11-13-40(14-12-39)41-15-19-46(87)20-16-41)50-29-47(101)30-55(103)63(50)49-25-42(17-21-54(49)102)64(80(113)99-68)96-81(114)65(45)95-78(111)53(31-60(89)104)94-82(67)115/h8-22,24-30,36-38,52-53,59,61-62,64-72,74-76,84,92,100-103,105-109H,23,31-35,90-91H2,1-7H3,(H2,89,104)(H,93,112)(H,94,115)(H,95,111)(H,96,114)(H,97,116)(H,98,110)(H,99,113)/t37-,38-,52-,53+,59+,61+,62+,64-,65-,66+,67-,68+,69-,70+,71-,72-,74+,75+,76+,84+,85-,86-/m1/s1. The number of aliphatic hydroxyl groups is 6. The van der Waals surface area contributed by atoms with Crippen molar-refractivity contribution in [3.63, 3.8) is 0 Å². The highest BCUT2D eigenvalue weighted by molar-refractivity contribution is 6.32. The van der Waals surface area contributed by atoms with E-state index in [0.717, 1.165) is 59.7 Å². The molecule has 0 radical (unpaired) electrons. The lowest BCUT2D eigenvalue weighted by Gasteiger charge is -2.47. The quantitative estimate of drug-likeness (QED) is 0.0586. The molecule has 3 fully saturated rings. The summed E-state index contributed by atoms with van der Waals surface area (Å²) in [6.07, 6.45) is -22.7. The molecule has 7 aromatic rings. The van der Waals surface area contributed by atoms with Crippen LogP contribution in [0.2, 0.25) is 10.0 Å². The zero-order valence-corrected chi connectivity index (χ0v) is 69.6. The first-order valence-corrected chi connectivity index (χ1v) is 40.8. The molecule has 7 heterocycles. The van der Waals surface area contributed by atoms with Gasteiger partial charge in [0.1, 0.15) is 95.5 Å². The van der Waals surface area contributed by atoms with E-state index in [9.17, 15) is 55.5 Å². The van der Waals surface area contributed by atoms with Crippen molar-refractivity contribution in [1.82, 2.24) is 42.5 Å². The molecule has 0 unspecified atom stereocenters. The number of hydrogen-bond donors (Lipinski definition) is 20. The Hall–Kier alpha value is -10.9. The lowest BCUT2D eigenvalue weighted by molar-refractivity contribution is -0.333. The smallest absolute Gasteiger partial charge is 0.248 e. The van der Waals surface area contributed by atoms with E-state index in [1.54, 1.807) is 36.4 Å². The average molecular weight is 1760 g/mol. The molecular formula is C86H99Cl2N11O25. The summed E-state index contributed by atoms with van der Waals surface area (Å²) in [6.45, 7) is 8.47. The number of phenolic OH excluding ortho intramolecular Hbond substituents is 3. The molecule has 0 aromatic heterocycles. The number of fused-ring (bicyclic) bond motifs is 19. The molecule has 22 atom stereocenters. The maximum Gasteiger partial charge on any atom is 0.248 e. The van der Waals surface area contributed by atoms with Gasteiger partial charge < -0.3 is 144 Å². The highest BCUT2D eigenvalue weighted by Crippen LogP contribution is 2.50. The Morgan fingerprint density at radius 2 is 1.26 bits per heavy atom. The highest BCUT2D eigenvalue weighted by atomic mass is 35.5. The van der Waals surface area contributed by atoms with E-state index in [1.807, 2.05) is 26.0 Å². The van der Waals surface area contributed by atoms with Crippen LogP contribution in [-0.2, 0) is 68.6 Å². The number of hydrogen-bond acceptors (Lipinski definition) is 28. The maximum absolute atomic E-state index is 16.6. The van der Waals surface area contributed by atoms with Crippen molar-refractivity contribution < 1.29 is 122 Å². The van der Waals surface area contributed by atoms with Gasteiger partial charge in [-0.3, -0.25) is 38.4 Å². The lowest BCUT2D eigenvalue weighted by Crippen LogP contribution is -2.64. The van der Waals surface area contributed by atoms with Gasteiger partial charge in [-0.2, -0.15) is 0 Å². The zero-order valence-electron chi connectivity index (χ0n) is 68.1. The Labute approximate surface area is 720 Å². The minimum absolute atomic E-state index is 0.101. The summed E-state index contributed by atoms with van der Waals surface area (Å²) in [4.78, 5) is 124. The normalized spacial score (nSPS) is 29.9. The summed E-state index contributed by atoms with van der Waals surface area (Å²) in [5, 5.41) is 127. The number of likely N-dealkylation sites (N-methyl/N-ethyl adjacent to an activating group) is 1. The third kappa shape index (κ3) is 19.9. The molecule has 8 amide bonds. The number of aromatic hydroxyl groups is 3. The van der Waals surface area contributed by atoms with Crippen LogP contribution in [0.1, 0.15) is 131 Å². The van der Waals surface area contributed by atoms with Gasteiger partial charge in [-0.15, -0.1) is 0 Å². The van der Waals surface area contributed by atoms with Gasteiger partial charge in [-0.05, 0) is 158 Å². The van der Waals surface area contributed by atoms with Gasteiger partial charge in [-0.1, -0.05) is 97.7 Å². The van der Waals surface area contributed by atoms with Gasteiger partial charge in [0, 0.05) is 52.7 Å². The fourth-order valence-corrected chi connectivity index (χ4v) is 16.4. The Balaban J connectivity index is 1.04. The maximum atomic E-state index is 16.6. The largest absolute Gasteiger partial charge is 0.508 e. The number of halogens is 2. The molecule has 23 N–H and O–H groups in total. The summed E-state index contributed by atoms with van der Waals surface area (Å²) in [7, 11) is 1.48. The minimum Gasteiger partial charge on any atom is -0.508 e. The molecule has 36 nitrogen and oxygen atoms in total. The third-order valence-corrected chi connectivity index (χ3v) is 23.2. The van der Waals surface area contributed by atoms with Crippen molar-refractivity contribution in [3.05, 3.63) is 177 Å². The van der Waals surface area contributed by atoms with E-state index < -0.39 is 245 Å². The third-order valence-electron chi connectivity index (χ3n) is 22.7. The molecule has 0 saturated carbocycles. The van der Waals surface area contributed by atoms with Crippen LogP contribution >= 0.6 is 23.2 Å². The van der Waals surface area contributed by atoms with Gasteiger partial charge in [0.05, 0.1) is 48.5 Å². The first kappa shape index (κ1) is 90.8. The van der Waals surface area contributed by atoms with Crippen LogP contribution in [0.15, 0.2) is 133 Å². The molecule has 38 heteroatoms. The number of rotatable bonds is 18. The molecule has 124 heavy (non-hydrogen) atoms. The Morgan fingerprint density at radius 3 is 1.89 bits per heavy atom. The topological polar surface area (TPSA) is 567 Å². The van der Waals surface area contributed by atoms with Crippen LogP contribution < -0.4 is 73.9 Å². The molecule has 3 saturated heterocycles. The van der Waals surface area contributed by atoms with Crippen LogP contribution in [0.3, 0.4) is 0 Å². The van der Waals surface area contributed by atoms with Crippen LogP contribution in [0.25, 0.3) is 22.3 Å². The average Bonchev–Trinajstić information content (AvgIpc) is 0.927. The second-order valence-corrected chi connectivity index (χ2v) is 33.6. The van der Waals surface area contributed by atoms with Crippen molar-refractivity contribution >= 4 is 70.5 Å². The van der Waals surface area contributed by atoms with Crippen molar-refractivity contribution in [2.24, 2.45) is 23.1 Å². The number of benzene rings is 7. The van der Waals surface area contributed by atoms with Gasteiger partial charge in [-0.25, -0.2) is 0 Å².